The monoisotopic (exact) mass is 244 g/mol. The number of nitrogens with zero attached hydrogens (tertiary/aromatic N) is 1. The van der Waals surface area contributed by atoms with E-state index < -0.39 is 0 Å². The summed E-state index contributed by atoms with van der Waals surface area (Å²) in [5, 5.41) is 2.52. The van der Waals surface area contributed by atoms with Crippen LogP contribution in [0.3, 0.4) is 0 Å². The average molecular weight is 244 g/mol. The van der Waals surface area contributed by atoms with Crippen molar-refractivity contribution in [3.8, 4) is 0 Å². The third-order valence-electron chi connectivity index (χ3n) is 2.45. The van der Waals surface area contributed by atoms with E-state index in [1.165, 1.54) is 11.3 Å². The van der Waals surface area contributed by atoms with Gasteiger partial charge in [0.25, 0.3) is 0 Å². The van der Waals surface area contributed by atoms with Crippen LogP contribution in [0, 0.1) is 5.92 Å². The normalized spacial score (nSPS) is 16.1. The second-order valence-electron chi connectivity index (χ2n) is 4.35. The fourth-order valence-electron chi connectivity index (χ4n) is 1.43. The Morgan fingerprint density at radius 1 is 1.38 bits per heavy atom. The first kappa shape index (κ1) is 13.4. The summed E-state index contributed by atoms with van der Waals surface area (Å²) in [4.78, 5) is 23.7. The molecule has 5 heteroatoms. The van der Waals surface area contributed by atoms with Gasteiger partial charge < -0.3 is 5.32 Å². The Labute approximate surface area is 101 Å². The second-order valence-corrected chi connectivity index (χ2v) is 5.58. The number of urea groups is 1. The van der Waals surface area contributed by atoms with Gasteiger partial charge >= 0.3 is 6.03 Å². The van der Waals surface area contributed by atoms with Gasteiger partial charge in [-0.1, -0.05) is 13.8 Å². The highest BCUT2D eigenvalue weighted by molar-refractivity contribution is 7.99. The molecular formula is C11H20N2O2S. The van der Waals surface area contributed by atoms with Crippen LogP contribution in [0.5, 0.6) is 0 Å². The van der Waals surface area contributed by atoms with Crippen molar-refractivity contribution in [2.45, 2.75) is 26.7 Å². The van der Waals surface area contributed by atoms with Crippen molar-refractivity contribution in [3.63, 3.8) is 0 Å². The largest absolute Gasteiger partial charge is 0.329 e. The zero-order valence-electron chi connectivity index (χ0n) is 9.99. The molecule has 0 aromatic heterocycles. The minimum absolute atomic E-state index is 0.0998. The number of carbonyl (C=O) groups is 2. The maximum atomic E-state index is 11.2. The molecule has 0 radical (unpaired) electrons. The maximum absolute atomic E-state index is 11.2. The van der Waals surface area contributed by atoms with Gasteiger partial charge in [0, 0.05) is 6.54 Å². The first-order valence-electron chi connectivity index (χ1n) is 5.77. The molecule has 0 aromatic carbocycles. The van der Waals surface area contributed by atoms with Crippen LogP contribution in [0.15, 0.2) is 0 Å². The molecule has 1 aliphatic rings. The summed E-state index contributed by atoms with van der Waals surface area (Å²) in [6.45, 7) is 5.15. The van der Waals surface area contributed by atoms with E-state index in [2.05, 4.69) is 19.2 Å². The number of nitrogens with one attached hydrogen (secondary N) is 1. The molecule has 1 fully saturated rings. The van der Waals surface area contributed by atoms with Gasteiger partial charge in [0.2, 0.25) is 5.91 Å². The van der Waals surface area contributed by atoms with Crippen molar-refractivity contribution in [1.29, 1.82) is 0 Å². The Kier molecular flexibility index (Phi) is 5.66. The quantitative estimate of drug-likeness (QED) is 0.548. The van der Waals surface area contributed by atoms with E-state index in [0.29, 0.717) is 6.54 Å². The highest BCUT2D eigenvalue weighted by Crippen LogP contribution is 2.10. The van der Waals surface area contributed by atoms with E-state index in [1.54, 1.807) is 0 Å². The second kappa shape index (κ2) is 6.78. The van der Waals surface area contributed by atoms with Crippen molar-refractivity contribution in [2.24, 2.45) is 5.92 Å². The van der Waals surface area contributed by atoms with Gasteiger partial charge in [-0.2, -0.15) is 11.8 Å². The van der Waals surface area contributed by atoms with Crippen LogP contribution in [-0.2, 0) is 4.79 Å². The Hall–Kier alpha value is -0.710. The third-order valence-corrected chi connectivity index (χ3v) is 3.55. The fraction of sp³-hybridized carbons (Fsp3) is 0.818. The van der Waals surface area contributed by atoms with E-state index in [1.807, 2.05) is 11.8 Å². The van der Waals surface area contributed by atoms with Crippen molar-refractivity contribution in [1.82, 2.24) is 10.2 Å². The van der Waals surface area contributed by atoms with Gasteiger partial charge in [0.15, 0.2) is 0 Å². The zero-order chi connectivity index (χ0) is 12.0. The first-order chi connectivity index (χ1) is 7.61. The summed E-state index contributed by atoms with van der Waals surface area (Å²) in [6, 6.07) is -0.239. The molecule has 16 heavy (non-hydrogen) atoms. The van der Waals surface area contributed by atoms with E-state index >= 15 is 0 Å². The molecule has 1 N–H and O–H groups in total. The summed E-state index contributed by atoms with van der Waals surface area (Å²) >= 11 is 1.90. The highest BCUT2D eigenvalue weighted by atomic mass is 32.2. The Morgan fingerprint density at radius 3 is 2.69 bits per heavy atom. The van der Waals surface area contributed by atoms with Crippen LogP contribution in [0.4, 0.5) is 4.79 Å². The van der Waals surface area contributed by atoms with Gasteiger partial charge in [-0.25, -0.2) is 4.79 Å². The van der Waals surface area contributed by atoms with Gasteiger partial charge in [-0.05, 0) is 30.3 Å². The molecule has 0 bridgehead atoms. The molecule has 92 valence electrons. The van der Waals surface area contributed by atoms with Crippen molar-refractivity contribution >= 4 is 23.7 Å². The van der Waals surface area contributed by atoms with Crippen LogP contribution in [-0.4, -0.2) is 41.4 Å². The SMILES string of the molecule is CC(C)CCSCCCN1C(=O)CNC1=O. The Morgan fingerprint density at radius 2 is 2.12 bits per heavy atom. The molecule has 0 atom stereocenters. The summed E-state index contributed by atoms with van der Waals surface area (Å²) in [5.41, 5.74) is 0. The van der Waals surface area contributed by atoms with Crippen LogP contribution in [0.1, 0.15) is 26.7 Å². The van der Waals surface area contributed by atoms with Crippen LogP contribution < -0.4 is 5.32 Å². The summed E-state index contributed by atoms with van der Waals surface area (Å²) in [7, 11) is 0. The lowest BCUT2D eigenvalue weighted by molar-refractivity contribution is -0.124. The van der Waals surface area contributed by atoms with E-state index in [0.717, 1.165) is 23.8 Å². The summed E-state index contributed by atoms with van der Waals surface area (Å²) in [5.74, 6) is 2.83. The van der Waals surface area contributed by atoms with E-state index in [-0.39, 0.29) is 18.5 Å². The van der Waals surface area contributed by atoms with Gasteiger partial charge in [0.1, 0.15) is 0 Å². The molecule has 1 saturated heterocycles. The molecule has 0 saturated carbocycles. The van der Waals surface area contributed by atoms with Gasteiger partial charge in [-0.15, -0.1) is 0 Å². The Balaban J connectivity index is 2.03. The van der Waals surface area contributed by atoms with Crippen molar-refractivity contribution in [3.05, 3.63) is 0 Å². The van der Waals surface area contributed by atoms with Crippen molar-refractivity contribution in [2.75, 3.05) is 24.6 Å². The fourth-order valence-corrected chi connectivity index (χ4v) is 2.60. The van der Waals surface area contributed by atoms with Gasteiger partial charge in [0.05, 0.1) is 6.54 Å². The lowest BCUT2D eigenvalue weighted by atomic mass is 10.2. The molecule has 1 rings (SSSR count). The molecule has 0 aromatic rings. The Bertz CT molecular complexity index is 240. The molecule has 0 spiro atoms. The van der Waals surface area contributed by atoms with E-state index in [4.69, 9.17) is 0 Å². The van der Waals surface area contributed by atoms with Crippen LogP contribution >= 0.6 is 11.8 Å². The molecular weight excluding hydrogens is 224 g/mol. The molecule has 1 aliphatic heterocycles. The number of carbonyl (C=O) groups excluding carboxylic acids is 2. The highest BCUT2D eigenvalue weighted by Gasteiger charge is 2.27. The standard InChI is InChI=1S/C11H20N2O2S/c1-9(2)4-7-16-6-3-5-13-10(14)8-12-11(13)15/h9H,3-8H2,1-2H3,(H,12,15). The molecule has 0 unspecified atom stereocenters. The predicted octanol–water partition coefficient (Wildman–Crippen LogP) is 1.71. The van der Waals surface area contributed by atoms with Crippen LogP contribution in [0.25, 0.3) is 0 Å². The number of hydrogen-bond donors (Lipinski definition) is 1. The number of hydrogen-bond acceptors (Lipinski definition) is 3. The summed E-state index contributed by atoms with van der Waals surface area (Å²) in [6.07, 6.45) is 2.12. The van der Waals surface area contributed by atoms with Crippen molar-refractivity contribution < 1.29 is 9.59 Å². The average Bonchev–Trinajstić information content (AvgIpc) is 2.53. The minimum atomic E-state index is -0.239. The maximum Gasteiger partial charge on any atom is 0.324 e. The molecule has 0 aliphatic carbocycles. The number of imide groups is 1. The molecule has 1 heterocycles. The number of rotatable bonds is 7. The summed E-state index contributed by atoms with van der Waals surface area (Å²) < 4.78 is 0. The molecule has 3 amide bonds. The lowest BCUT2D eigenvalue weighted by Crippen LogP contribution is -2.32. The lowest BCUT2D eigenvalue weighted by Gasteiger charge is -2.11. The molecule has 4 nitrogen and oxygen atoms in total. The smallest absolute Gasteiger partial charge is 0.324 e. The zero-order valence-corrected chi connectivity index (χ0v) is 10.8. The predicted molar refractivity (Wildman–Crippen MR) is 66.5 cm³/mol. The van der Waals surface area contributed by atoms with Gasteiger partial charge in [-0.3, -0.25) is 9.69 Å². The minimum Gasteiger partial charge on any atom is -0.329 e. The van der Waals surface area contributed by atoms with E-state index in [9.17, 15) is 9.59 Å². The number of amides is 3. The number of thioether (sulfide) groups is 1. The topological polar surface area (TPSA) is 49.4 Å². The third kappa shape index (κ3) is 4.43. The van der Waals surface area contributed by atoms with Crippen LogP contribution in [0.2, 0.25) is 0 Å². The first-order valence-corrected chi connectivity index (χ1v) is 6.92.